The van der Waals surface area contributed by atoms with E-state index in [4.69, 9.17) is 0 Å². The van der Waals surface area contributed by atoms with E-state index in [1.54, 1.807) is 24.5 Å². The van der Waals surface area contributed by atoms with Crippen molar-refractivity contribution in [3.05, 3.63) is 81.3 Å². The first kappa shape index (κ1) is 19.7. The van der Waals surface area contributed by atoms with E-state index in [0.29, 0.717) is 11.3 Å². The molecular formula is C23H24FN3OS. The van der Waals surface area contributed by atoms with Crippen LogP contribution in [0.15, 0.2) is 48.8 Å². The third-order valence-corrected chi connectivity index (χ3v) is 6.55. The average Bonchev–Trinajstić information content (AvgIpc) is 2.94. The molecule has 1 amide bonds. The molecule has 0 radical (unpaired) electrons. The minimum absolute atomic E-state index is 0.0640. The summed E-state index contributed by atoms with van der Waals surface area (Å²) < 4.78 is 13.1. The molecule has 4 rings (SSSR count). The zero-order chi connectivity index (χ0) is 20.2. The number of benzene rings is 1. The van der Waals surface area contributed by atoms with Gasteiger partial charge in [-0.2, -0.15) is 0 Å². The molecule has 2 aromatic heterocycles. The van der Waals surface area contributed by atoms with E-state index in [9.17, 15) is 9.18 Å². The van der Waals surface area contributed by atoms with Crippen molar-refractivity contribution in [3.63, 3.8) is 0 Å². The van der Waals surface area contributed by atoms with Gasteiger partial charge in [-0.25, -0.2) is 9.37 Å². The van der Waals surface area contributed by atoms with Gasteiger partial charge in [0.1, 0.15) is 10.7 Å². The Morgan fingerprint density at radius 3 is 2.66 bits per heavy atom. The third kappa shape index (κ3) is 4.53. The van der Waals surface area contributed by atoms with E-state index in [0.717, 1.165) is 54.1 Å². The van der Waals surface area contributed by atoms with Crippen molar-refractivity contribution >= 4 is 17.2 Å². The molecule has 0 saturated carbocycles. The number of carbonyl (C=O) groups is 1. The fourth-order valence-electron chi connectivity index (χ4n) is 3.92. The van der Waals surface area contributed by atoms with Gasteiger partial charge < -0.3 is 4.90 Å². The summed E-state index contributed by atoms with van der Waals surface area (Å²) in [7, 11) is 0. The molecule has 6 heteroatoms. The number of halogens is 1. The Morgan fingerprint density at radius 2 is 1.90 bits per heavy atom. The van der Waals surface area contributed by atoms with Gasteiger partial charge >= 0.3 is 0 Å². The molecule has 0 bridgehead atoms. The molecule has 150 valence electrons. The Labute approximate surface area is 174 Å². The lowest BCUT2D eigenvalue weighted by atomic mass is 10.0. The van der Waals surface area contributed by atoms with E-state index in [2.05, 4.69) is 9.97 Å². The summed E-state index contributed by atoms with van der Waals surface area (Å²) in [5, 5.41) is 0.882. The topological polar surface area (TPSA) is 46.1 Å². The van der Waals surface area contributed by atoms with Crippen LogP contribution in [-0.4, -0.2) is 27.3 Å². The minimum atomic E-state index is -0.247. The van der Waals surface area contributed by atoms with Gasteiger partial charge in [-0.05, 0) is 55.2 Å². The third-order valence-electron chi connectivity index (χ3n) is 5.41. The molecule has 4 nitrogen and oxygen atoms in total. The lowest BCUT2D eigenvalue weighted by Gasteiger charge is -2.30. The number of rotatable bonds is 4. The van der Waals surface area contributed by atoms with Crippen LogP contribution in [0.25, 0.3) is 0 Å². The lowest BCUT2D eigenvalue weighted by Crippen LogP contribution is -2.34. The number of aryl methyl sites for hydroxylation is 1. The Bertz CT molecular complexity index is 972. The van der Waals surface area contributed by atoms with Gasteiger partial charge in [0.15, 0.2) is 0 Å². The molecule has 1 saturated heterocycles. The normalized spacial score (nSPS) is 17.2. The number of likely N-dealkylation sites (tertiary alicyclic amines) is 1. The largest absolute Gasteiger partial charge is 0.331 e. The zero-order valence-electron chi connectivity index (χ0n) is 16.5. The first-order valence-electron chi connectivity index (χ1n) is 10.0. The van der Waals surface area contributed by atoms with E-state index >= 15 is 0 Å². The number of aromatic nitrogens is 2. The Hall–Kier alpha value is -2.60. The second-order valence-electron chi connectivity index (χ2n) is 7.47. The lowest BCUT2D eigenvalue weighted by molar-refractivity contribution is 0.0685. The van der Waals surface area contributed by atoms with E-state index < -0.39 is 0 Å². The van der Waals surface area contributed by atoms with Crippen molar-refractivity contribution in [2.24, 2.45) is 0 Å². The fourth-order valence-corrected chi connectivity index (χ4v) is 4.97. The van der Waals surface area contributed by atoms with Crippen LogP contribution in [-0.2, 0) is 6.42 Å². The standard InChI is InChI=1S/C23H24FN3OS/c1-16-22(29-21(26-16)15-17-6-8-19(24)9-7-17)23(28)27-14-4-2-3-5-20(27)18-10-12-25-13-11-18/h6-13,20H,2-5,14-15H2,1H3. The minimum Gasteiger partial charge on any atom is -0.331 e. The molecule has 29 heavy (non-hydrogen) atoms. The molecule has 1 aliphatic rings. The molecule has 1 fully saturated rings. The average molecular weight is 410 g/mol. The molecule has 1 aliphatic heterocycles. The van der Waals surface area contributed by atoms with Crippen LogP contribution in [0.3, 0.4) is 0 Å². The summed E-state index contributed by atoms with van der Waals surface area (Å²) in [5.41, 5.74) is 2.90. The summed E-state index contributed by atoms with van der Waals surface area (Å²) in [6.07, 6.45) is 8.44. The summed E-state index contributed by atoms with van der Waals surface area (Å²) in [5.74, 6) is -0.183. The SMILES string of the molecule is Cc1nc(Cc2ccc(F)cc2)sc1C(=O)N1CCCCCC1c1ccncc1. The van der Waals surface area contributed by atoms with Crippen LogP contribution in [0.2, 0.25) is 0 Å². The summed E-state index contributed by atoms with van der Waals surface area (Å²) in [4.78, 5) is 25.0. The van der Waals surface area contributed by atoms with Gasteiger partial charge in [0.05, 0.1) is 16.7 Å². The van der Waals surface area contributed by atoms with Crippen LogP contribution in [0.5, 0.6) is 0 Å². The highest BCUT2D eigenvalue weighted by Gasteiger charge is 2.30. The maximum absolute atomic E-state index is 13.5. The van der Waals surface area contributed by atoms with Gasteiger partial charge in [0, 0.05) is 25.4 Å². The van der Waals surface area contributed by atoms with Gasteiger partial charge in [-0.15, -0.1) is 11.3 Å². The predicted octanol–water partition coefficient (Wildman–Crippen LogP) is 5.33. The predicted molar refractivity (Wildman–Crippen MR) is 113 cm³/mol. The van der Waals surface area contributed by atoms with Crippen molar-refractivity contribution in [3.8, 4) is 0 Å². The molecule has 0 spiro atoms. The van der Waals surface area contributed by atoms with E-state index in [-0.39, 0.29) is 17.8 Å². The quantitative estimate of drug-likeness (QED) is 0.585. The number of pyridine rings is 1. The molecule has 3 aromatic rings. The van der Waals surface area contributed by atoms with Crippen LogP contribution < -0.4 is 0 Å². The smallest absolute Gasteiger partial charge is 0.266 e. The molecule has 3 heterocycles. The highest BCUT2D eigenvalue weighted by atomic mass is 32.1. The van der Waals surface area contributed by atoms with Crippen LogP contribution in [0, 0.1) is 12.7 Å². The van der Waals surface area contributed by atoms with Crippen LogP contribution in [0.1, 0.15) is 63.2 Å². The number of hydrogen-bond donors (Lipinski definition) is 0. The first-order chi connectivity index (χ1) is 14.1. The summed E-state index contributed by atoms with van der Waals surface area (Å²) in [6, 6.07) is 10.5. The maximum atomic E-state index is 13.5. The highest BCUT2D eigenvalue weighted by Crippen LogP contribution is 2.33. The van der Waals surface area contributed by atoms with E-state index in [1.807, 2.05) is 24.0 Å². The molecule has 1 atom stereocenters. The molecular weight excluding hydrogens is 385 g/mol. The maximum Gasteiger partial charge on any atom is 0.266 e. The Balaban J connectivity index is 1.58. The fraction of sp³-hybridized carbons (Fsp3) is 0.348. The molecule has 0 N–H and O–H groups in total. The molecule has 1 unspecified atom stereocenters. The first-order valence-corrected chi connectivity index (χ1v) is 10.8. The second-order valence-corrected chi connectivity index (χ2v) is 8.55. The number of amides is 1. The Kier molecular flexibility index (Phi) is 6.00. The van der Waals surface area contributed by atoms with Crippen molar-refractivity contribution in [1.29, 1.82) is 0 Å². The van der Waals surface area contributed by atoms with Crippen molar-refractivity contribution < 1.29 is 9.18 Å². The number of thiazole rings is 1. The Morgan fingerprint density at radius 1 is 1.14 bits per heavy atom. The number of carbonyl (C=O) groups excluding carboxylic acids is 1. The molecule has 0 aliphatic carbocycles. The van der Waals surface area contributed by atoms with Gasteiger partial charge in [0.2, 0.25) is 0 Å². The zero-order valence-corrected chi connectivity index (χ0v) is 17.3. The van der Waals surface area contributed by atoms with Crippen LogP contribution in [0.4, 0.5) is 4.39 Å². The monoisotopic (exact) mass is 409 g/mol. The summed E-state index contributed by atoms with van der Waals surface area (Å²) >= 11 is 1.46. The number of hydrogen-bond acceptors (Lipinski definition) is 4. The number of nitrogens with zero attached hydrogens (tertiary/aromatic N) is 3. The summed E-state index contributed by atoms with van der Waals surface area (Å²) in [6.45, 7) is 2.66. The van der Waals surface area contributed by atoms with Crippen LogP contribution >= 0.6 is 11.3 Å². The van der Waals surface area contributed by atoms with E-state index in [1.165, 1.54) is 23.5 Å². The second kappa shape index (κ2) is 8.82. The van der Waals surface area contributed by atoms with Gasteiger partial charge in [-0.1, -0.05) is 25.0 Å². The van der Waals surface area contributed by atoms with Crippen molar-refractivity contribution in [2.75, 3.05) is 6.54 Å². The highest BCUT2D eigenvalue weighted by molar-refractivity contribution is 7.13. The van der Waals surface area contributed by atoms with Crippen molar-refractivity contribution in [1.82, 2.24) is 14.9 Å². The molecule has 1 aromatic carbocycles. The van der Waals surface area contributed by atoms with Gasteiger partial charge in [-0.3, -0.25) is 9.78 Å². The van der Waals surface area contributed by atoms with Gasteiger partial charge in [0.25, 0.3) is 5.91 Å². The van der Waals surface area contributed by atoms with Crippen molar-refractivity contribution in [2.45, 2.75) is 45.1 Å².